The number of likely N-dealkylation sites (N-methyl/N-ethyl adjacent to an activating group) is 1. The van der Waals surface area contributed by atoms with Crippen molar-refractivity contribution in [3.8, 4) is 0 Å². The largest absolute Gasteiger partial charge is 0.353 e. The van der Waals surface area contributed by atoms with E-state index in [9.17, 15) is 9.59 Å². The summed E-state index contributed by atoms with van der Waals surface area (Å²) in [7, 11) is 3.92. The standard InChI is InChI=1S/C26H37N5O2/c1-26(2,3)20-10-12-21(13-11-20)31(25(33)22-9-7-15-28-22)23(19-8-6-14-27-18-19)24(32)29-16-17-30(4)5/h6,8,10-14,18,22-23,28H,7,9,15-17H2,1-5H3,(H,29,32). The molecule has 2 atom stereocenters. The number of amides is 2. The average molecular weight is 452 g/mol. The van der Waals surface area contributed by atoms with Crippen molar-refractivity contribution in [3.63, 3.8) is 0 Å². The van der Waals surface area contributed by atoms with Gasteiger partial charge in [0.25, 0.3) is 0 Å². The Bertz CT molecular complexity index is 916. The van der Waals surface area contributed by atoms with Crippen molar-refractivity contribution in [2.24, 2.45) is 0 Å². The lowest BCUT2D eigenvalue weighted by Gasteiger charge is -2.33. The molecular weight excluding hydrogens is 414 g/mol. The zero-order valence-electron chi connectivity index (χ0n) is 20.5. The Morgan fingerprint density at radius 2 is 1.91 bits per heavy atom. The summed E-state index contributed by atoms with van der Waals surface area (Å²) in [6.07, 6.45) is 5.05. The highest BCUT2D eigenvalue weighted by atomic mass is 16.2. The molecule has 7 heteroatoms. The Kier molecular flexibility index (Phi) is 8.21. The number of nitrogens with zero attached hydrogens (tertiary/aromatic N) is 3. The van der Waals surface area contributed by atoms with Gasteiger partial charge >= 0.3 is 0 Å². The number of nitrogens with one attached hydrogen (secondary N) is 2. The molecule has 178 valence electrons. The lowest BCUT2D eigenvalue weighted by molar-refractivity contribution is -0.127. The molecule has 2 amide bonds. The van der Waals surface area contributed by atoms with Crippen molar-refractivity contribution >= 4 is 17.5 Å². The summed E-state index contributed by atoms with van der Waals surface area (Å²) in [6, 6.07) is 10.5. The Labute approximate surface area is 197 Å². The van der Waals surface area contributed by atoms with Gasteiger partial charge < -0.3 is 15.5 Å². The van der Waals surface area contributed by atoms with Crippen LogP contribution in [0.4, 0.5) is 5.69 Å². The third kappa shape index (κ3) is 6.39. The fraction of sp³-hybridized carbons (Fsp3) is 0.500. The van der Waals surface area contributed by atoms with Crippen LogP contribution in [-0.4, -0.2) is 61.5 Å². The maximum Gasteiger partial charge on any atom is 0.247 e. The van der Waals surface area contributed by atoms with Gasteiger partial charge in [-0.05, 0) is 62.7 Å². The lowest BCUT2D eigenvalue weighted by atomic mass is 9.87. The van der Waals surface area contributed by atoms with Crippen LogP contribution < -0.4 is 15.5 Å². The van der Waals surface area contributed by atoms with Crippen LogP contribution in [0.3, 0.4) is 0 Å². The third-order valence-electron chi connectivity index (χ3n) is 5.97. The van der Waals surface area contributed by atoms with Crippen LogP contribution in [0, 0.1) is 0 Å². The lowest BCUT2D eigenvalue weighted by Crippen LogP contribution is -2.50. The number of carbonyl (C=O) groups is 2. The van der Waals surface area contributed by atoms with Gasteiger partial charge in [0.15, 0.2) is 0 Å². The molecule has 2 N–H and O–H groups in total. The molecule has 2 unspecified atom stereocenters. The fourth-order valence-corrected chi connectivity index (χ4v) is 4.04. The summed E-state index contributed by atoms with van der Waals surface area (Å²) in [5, 5.41) is 6.32. The van der Waals surface area contributed by atoms with Gasteiger partial charge in [0, 0.05) is 36.7 Å². The second-order valence-electron chi connectivity index (χ2n) is 9.94. The van der Waals surface area contributed by atoms with E-state index in [-0.39, 0.29) is 23.3 Å². The maximum atomic E-state index is 13.8. The zero-order chi connectivity index (χ0) is 24.0. The molecule has 2 heterocycles. The van der Waals surface area contributed by atoms with Crippen molar-refractivity contribution in [2.45, 2.75) is 51.1 Å². The summed E-state index contributed by atoms with van der Waals surface area (Å²) in [6.45, 7) is 8.48. The predicted molar refractivity (Wildman–Crippen MR) is 132 cm³/mol. The molecule has 1 aromatic carbocycles. The highest BCUT2D eigenvalue weighted by Gasteiger charge is 2.37. The summed E-state index contributed by atoms with van der Waals surface area (Å²) < 4.78 is 0. The Morgan fingerprint density at radius 1 is 1.18 bits per heavy atom. The molecule has 0 bridgehead atoms. The molecule has 1 fully saturated rings. The fourth-order valence-electron chi connectivity index (χ4n) is 4.04. The first kappa shape index (κ1) is 24.9. The highest BCUT2D eigenvalue weighted by molar-refractivity contribution is 6.03. The van der Waals surface area contributed by atoms with Gasteiger partial charge in [0.1, 0.15) is 6.04 Å². The molecule has 0 saturated carbocycles. The van der Waals surface area contributed by atoms with E-state index < -0.39 is 6.04 Å². The molecule has 2 aromatic rings. The summed E-state index contributed by atoms with van der Waals surface area (Å²) in [5.41, 5.74) is 2.56. The normalized spacial score (nSPS) is 17.1. The first-order valence-electron chi connectivity index (χ1n) is 11.7. The minimum Gasteiger partial charge on any atom is -0.353 e. The number of aromatic nitrogens is 1. The minimum absolute atomic E-state index is 0.00726. The van der Waals surface area contributed by atoms with Crippen LogP contribution in [0.2, 0.25) is 0 Å². The first-order valence-corrected chi connectivity index (χ1v) is 11.7. The molecule has 0 spiro atoms. The third-order valence-corrected chi connectivity index (χ3v) is 5.97. The topological polar surface area (TPSA) is 77.6 Å². The van der Waals surface area contributed by atoms with Gasteiger partial charge in [-0.15, -0.1) is 0 Å². The molecule has 1 saturated heterocycles. The Morgan fingerprint density at radius 3 is 2.45 bits per heavy atom. The predicted octanol–water partition coefficient (Wildman–Crippen LogP) is 2.88. The van der Waals surface area contributed by atoms with Crippen LogP contribution >= 0.6 is 0 Å². The van der Waals surface area contributed by atoms with E-state index in [4.69, 9.17) is 0 Å². The van der Waals surface area contributed by atoms with Gasteiger partial charge in [0.2, 0.25) is 11.8 Å². The second kappa shape index (κ2) is 10.9. The van der Waals surface area contributed by atoms with E-state index in [1.807, 2.05) is 49.3 Å². The number of anilines is 1. The molecule has 0 aliphatic carbocycles. The SMILES string of the molecule is CN(C)CCNC(=O)C(c1cccnc1)N(C(=O)C1CCCN1)c1ccc(C(C)(C)C)cc1. The van der Waals surface area contributed by atoms with E-state index in [1.165, 1.54) is 5.56 Å². The number of pyridine rings is 1. The van der Waals surface area contributed by atoms with Gasteiger partial charge in [0.05, 0.1) is 6.04 Å². The van der Waals surface area contributed by atoms with Crippen LogP contribution in [0.5, 0.6) is 0 Å². The van der Waals surface area contributed by atoms with Crippen LogP contribution in [0.25, 0.3) is 0 Å². The number of benzene rings is 1. The minimum atomic E-state index is -0.809. The van der Waals surface area contributed by atoms with Crippen LogP contribution in [0.1, 0.15) is 50.8 Å². The molecule has 33 heavy (non-hydrogen) atoms. The van der Waals surface area contributed by atoms with Crippen molar-refractivity contribution in [1.29, 1.82) is 0 Å². The monoisotopic (exact) mass is 451 g/mol. The summed E-state index contributed by atoms with van der Waals surface area (Å²) in [4.78, 5) is 35.2. The summed E-state index contributed by atoms with van der Waals surface area (Å²) >= 11 is 0. The van der Waals surface area contributed by atoms with Crippen LogP contribution in [0.15, 0.2) is 48.8 Å². The Balaban J connectivity index is 2.03. The number of hydrogen-bond donors (Lipinski definition) is 2. The van der Waals surface area contributed by atoms with Gasteiger partial charge in [-0.2, -0.15) is 0 Å². The average Bonchev–Trinajstić information content (AvgIpc) is 3.32. The van der Waals surface area contributed by atoms with Crippen molar-refractivity contribution in [3.05, 3.63) is 59.9 Å². The molecule has 1 aliphatic rings. The number of rotatable bonds is 8. The van der Waals surface area contributed by atoms with E-state index in [0.717, 1.165) is 19.4 Å². The Hall–Kier alpha value is -2.77. The number of carbonyl (C=O) groups excluding carboxylic acids is 2. The molecule has 7 nitrogen and oxygen atoms in total. The second-order valence-corrected chi connectivity index (χ2v) is 9.94. The van der Waals surface area contributed by atoms with Crippen molar-refractivity contribution in [2.75, 3.05) is 38.6 Å². The zero-order valence-corrected chi connectivity index (χ0v) is 20.5. The van der Waals surface area contributed by atoms with Crippen molar-refractivity contribution < 1.29 is 9.59 Å². The molecule has 0 radical (unpaired) electrons. The van der Waals surface area contributed by atoms with E-state index in [1.54, 1.807) is 23.4 Å². The molecule has 1 aliphatic heterocycles. The van der Waals surface area contributed by atoms with Gasteiger partial charge in [-0.3, -0.25) is 19.5 Å². The quantitative estimate of drug-likeness (QED) is 0.645. The summed E-state index contributed by atoms with van der Waals surface area (Å²) in [5.74, 6) is -0.302. The van der Waals surface area contributed by atoms with E-state index >= 15 is 0 Å². The van der Waals surface area contributed by atoms with E-state index in [2.05, 4.69) is 36.4 Å². The van der Waals surface area contributed by atoms with Crippen LogP contribution in [-0.2, 0) is 15.0 Å². The van der Waals surface area contributed by atoms with Gasteiger partial charge in [-0.1, -0.05) is 39.0 Å². The highest BCUT2D eigenvalue weighted by Crippen LogP contribution is 2.31. The first-order chi connectivity index (χ1) is 15.7. The van der Waals surface area contributed by atoms with Gasteiger partial charge in [-0.25, -0.2) is 0 Å². The molecular formula is C26H37N5O2. The smallest absolute Gasteiger partial charge is 0.247 e. The molecule has 3 rings (SSSR count). The maximum absolute atomic E-state index is 13.8. The molecule has 1 aromatic heterocycles. The van der Waals surface area contributed by atoms with E-state index in [0.29, 0.717) is 24.3 Å². The van der Waals surface area contributed by atoms with Crippen molar-refractivity contribution in [1.82, 2.24) is 20.5 Å². The number of hydrogen-bond acceptors (Lipinski definition) is 5.